The molecule has 0 bridgehead atoms. The van der Waals surface area contributed by atoms with Crippen LogP contribution in [0.5, 0.6) is 0 Å². The summed E-state index contributed by atoms with van der Waals surface area (Å²) in [5.74, 6) is 0.709. The lowest BCUT2D eigenvalue weighted by atomic mass is 10.2. The molecule has 0 atom stereocenters. The first-order valence-electron chi connectivity index (χ1n) is 9.67. The van der Waals surface area contributed by atoms with Gasteiger partial charge in [0.2, 0.25) is 11.9 Å². The fraction of sp³-hybridized carbons (Fsp3) is 0.0435. The van der Waals surface area contributed by atoms with E-state index in [0.29, 0.717) is 25.7 Å². The van der Waals surface area contributed by atoms with Crippen LogP contribution in [0.2, 0.25) is 20.1 Å². The zero-order valence-electron chi connectivity index (χ0n) is 17.2. The summed E-state index contributed by atoms with van der Waals surface area (Å²) >= 11 is 24.8. The molecule has 6 nitrogen and oxygen atoms in total. The summed E-state index contributed by atoms with van der Waals surface area (Å²) in [6.45, 7) is 2.02. The van der Waals surface area contributed by atoms with Crippen molar-refractivity contribution in [2.24, 2.45) is 5.10 Å². The Morgan fingerprint density at radius 1 is 0.758 bits per heavy atom. The van der Waals surface area contributed by atoms with Crippen molar-refractivity contribution in [2.75, 3.05) is 10.7 Å². The molecule has 0 aliphatic carbocycles. The first-order valence-corrected chi connectivity index (χ1v) is 11.2. The highest BCUT2D eigenvalue weighted by atomic mass is 35.5. The third-order valence-electron chi connectivity index (χ3n) is 4.42. The Balaban J connectivity index is 1.69. The molecule has 3 aromatic carbocycles. The Labute approximate surface area is 210 Å². The number of hydrogen-bond acceptors (Lipinski definition) is 6. The van der Waals surface area contributed by atoms with Gasteiger partial charge in [0.05, 0.1) is 21.8 Å². The summed E-state index contributed by atoms with van der Waals surface area (Å²) in [7, 11) is 0. The molecular formula is C23H16Cl4N6. The molecule has 166 valence electrons. The maximum atomic E-state index is 6.39. The van der Waals surface area contributed by atoms with Crippen LogP contribution in [0.3, 0.4) is 0 Å². The third-order valence-corrected chi connectivity index (χ3v) is 5.49. The number of rotatable bonds is 6. The summed E-state index contributed by atoms with van der Waals surface area (Å²) in [4.78, 5) is 13.3. The Hall–Kier alpha value is -2.90. The topological polar surface area (TPSA) is 75.1 Å². The first-order chi connectivity index (χ1) is 15.9. The number of nitrogens with zero attached hydrogens (tertiary/aromatic N) is 4. The van der Waals surface area contributed by atoms with Crippen molar-refractivity contribution in [3.05, 3.63) is 91.9 Å². The third kappa shape index (κ3) is 6.12. The molecule has 0 fully saturated rings. The van der Waals surface area contributed by atoms with Gasteiger partial charge in [-0.05, 0) is 48.9 Å². The van der Waals surface area contributed by atoms with Crippen molar-refractivity contribution in [1.82, 2.24) is 15.0 Å². The maximum Gasteiger partial charge on any atom is 0.248 e. The van der Waals surface area contributed by atoms with Crippen molar-refractivity contribution in [2.45, 2.75) is 6.92 Å². The van der Waals surface area contributed by atoms with Crippen LogP contribution in [0, 0.1) is 6.92 Å². The Morgan fingerprint density at radius 3 is 2.06 bits per heavy atom. The molecule has 1 aromatic heterocycles. The van der Waals surface area contributed by atoms with Crippen LogP contribution in [0.1, 0.15) is 11.1 Å². The second-order valence-electron chi connectivity index (χ2n) is 6.96. The average molecular weight is 518 g/mol. The number of halogens is 4. The standard InChI is InChI=1S/C23H16Cl4N6/c1-13-2-4-14(5-3-13)12-28-33-23-31-21(20-18(26)10-16(25)11-19(20)27)30-22(32-23)29-17-8-6-15(24)7-9-17/h2-12H,1H3,(H2,29,30,31,32,33). The number of aryl methyl sites for hydroxylation is 1. The van der Waals surface area contributed by atoms with Gasteiger partial charge in [0.15, 0.2) is 5.82 Å². The van der Waals surface area contributed by atoms with Crippen molar-refractivity contribution in [1.29, 1.82) is 0 Å². The zero-order valence-corrected chi connectivity index (χ0v) is 20.2. The van der Waals surface area contributed by atoms with Crippen molar-refractivity contribution < 1.29 is 0 Å². The highest BCUT2D eigenvalue weighted by Crippen LogP contribution is 2.36. The van der Waals surface area contributed by atoms with Crippen molar-refractivity contribution in [3.63, 3.8) is 0 Å². The van der Waals surface area contributed by atoms with Crippen LogP contribution in [-0.2, 0) is 0 Å². The Bertz CT molecular complexity index is 1280. The molecule has 0 amide bonds. The molecule has 0 aliphatic rings. The second kappa shape index (κ2) is 10.4. The lowest BCUT2D eigenvalue weighted by molar-refractivity contribution is 1.04. The van der Waals surface area contributed by atoms with Gasteiger partial charge >= 0.3 is 0 Å². The van der Waals surface area contributed by atoms with E-state index in [2.05, 4.69) is 30.8 Å². The minimum absolute atomic E-state index is 0.196. The number of hydrazone groups is 1. The average Bonchev–Trinajstić information content (AvgIpc) is 2.76. The van der Waals surface area contributed by atoms with E-state index in [0.717, 1.165) is 16.8 Å². The highest BCUT2D eigenvalue weighted by molar-refractivity contribution is 6.41. The predicted molar refractivity (Wildman–Crippen MR) is 137 cm³/mol. The van der Waals surface area contributed by atoms with Gasteiger partial charge in [-0.1, -0.05) is 76.2 Å². The van der Waals surface area contributed by atoms with Gasteiger partial charge in [0.25, 0.3) is 0 Å². The van der Waals surface area contributed by atoms with Gasteiger partial charge in [-0.3, -0.25) is 0 Å². The number of anilines is 3. The Morgan fingerprint density at radius 2 is 1.39 bits per heavy atom. The second-order valence-corrected chi connectivity index (χ2v) is 8.65. The zero-order chi connectivity index (χ0) is 23.4. The number of hydrogen-bond donors (Lipinski definition) is 2. The fourth-order valence-corrected chi connectivity index (χ4v) is 3.94. The molecule has 0 spiro atoms. The number of benzene rings is 3. The lowest BCUT2D eigenvalue weighted by Gasteiger charge is -2.11. The molecule has 2 N–H and O–H groups in total. The lowest BCUT2D eigenvalue weighted by Crippen LogP contribution is -2.06. The molecule has 1 heterocycles. The van der Waals surface area contributed by atoms with Crippen LogP contribution >= 0.6 is 46.4 Å². The van der Waals surface area contributed by atoms with Crippen LogP contribution in [0.4, 0.5) is 17.6 Å². The summed E-state index contributed by atoms with van der Waals surface area (Å²) in [5.41, 5.74) is 6.08. The molecule has 10 heteroatoms. The van der Waals surface area contributed by atoms with E-state index in [1.165, 1.54) is 0 Å². The number of aromatic nitrogens is 3. The summed E-state index contributed by atoms with van der Waals surface area (Å²) in [6.07, 6.45) is 1.66. The van der Waals surface area contributed by atoms with Gasteiger partial charge in [-0.25, -0.2) is 5.43 Å². The molecule has 0 saturated heterocycles. The minimum atomic E-state index is 0.196. The van der Waals surface area contributed by atoms with Crippen LogP contribution in [0.25, 0.3) is 11.4 Å². The maximum absolute atomic E-state index is 6.39. The van der Waals surface area contributed by atoms with Gasteiger partial charge in [-0.2, -0.15) is 20.1 Å². The molecule has 4 aromatic rings. The van der Waals surface area contributed by atoms with E-state index >= 15 is 0 Å². The predicted octanol–water partition coefficient (Wildman–Crippen LogP) is 7.65. The van der Waals surface area contributed by atoms with Gasteiger partial charge in [0, 0.05) is 15.7 Å². The molecule has 33 heavy (non-hydrogen) atoms. The largest absolute Gasteiger partial charge is 0.324 e. The van der Waals surface area contributed by atoms with E-state index in [-0.39, 0.29) is 17.7 Å². The molecular weight excluding hydrogens is 502 g/mol. The first kappa shape index (κ1) is 23.3. The van der Waals surface area contributed by atoms with E-state index in [1.54, 1.807) is 42.6 Å². The molecule has 4 rings (SSSR count). The van der Waals surface area contributed by atoms with Gasteiger partial charge in [-0.15, -0.1) is 0 Å². The van der Waals surface area contributed by atoms with E-state index in [1.807, 2.05) is 31.2 Å². The molecule has 0 aliphatic heterocycles. The summed E-state index contributed by atoms with van der Waals surface area (Å²) in [5, 5.41) is 9.00. The molecule has 0 radical (unpaired) electrons. The van der Waals surface area contributed by atoms with Crippen LogP contribution in [0.15, 0.2) is 65.8 Å². The van der Waals surface area contributed by atoms with Gasteiger partial charge in [0.1, 0.15) is 0 Å². The van der Waals surface area contributed by atoms with E-state index in [9.17, 15) is 0 Å². The normalized spacial score (nSPS) is 11.1. The summed E-state index contributed by atoms with van der Waals surface area (Å²) in [6, 6.07) is 18.2. The Kier molecular flexibility index (Phi) is 7.30. The quantitative estimate of drug-likeness (QED) is 0.203. The monoisotopic (exact) mass is 516 g/mol. The van der Waals surface area contributed by atoms with Crippen molar-refractivity contribution in [3.8, 4) is 11.4 Å². The summed E-state index contributed by atoms with van der Waals surface area (Å²) < 4.78 is 0. The SMILES string of the molecule is Cc1ccc(C=NNc2nc(Nc3ccc(Cl)cc3)nc(-c3c(Cl)cc(Cl)cc3Cl)n2)cc1. The molecule has 0 unspecified atom stereocenters. The fourth-order valence-electron chi connectivity index (χ4n) is 2.83. The minimum Gasteiger partial charge on any atom is -0.324 e. The smallest absolute Gasteiger partial charge is 0.248 e. The molecule has 0 saturated carbocycles. The van der Waals surface area contributed by atoms with E-state index < -0.39 is 0 Å². The van der Waals surface area contributed by atoms with Crippen LogP contribution in [-0.4, -0.2) is 21.2 Å². The van der Waals surface area contributed by atoms with Gasteiger partial charge < -0.3 is 5.32 Å². The number of nitrogens with one attached hydrogen (secondary N) is 2. The van der Waals surface area contributed by atoms with E-state index in [4.69, 9.17) is 46.4 Å². The highest BCUT2D eigenvalue weighted by Gasteiger charge is 2.16. The van der Waals surface area contributed by atoms with Crippen molar-refractivity contribution >= 4 is 70.2 Å². The van der Waals surface area contributed by atoms with Crippen LogP contribution < -0.4 is 10.7 Å².